The van der Waals surface area contributed by atoms with E-state index in [-0.39, 0.29) is 0 Å². The van der Waals surface area contributed by atoms with Gasteiger partial charge in [-0.1, -0.05) is 0 Å². The van der Waals surface area contributed by atoms with Gasteiger partial charge in [-0.25, -0.2) is 0 Å². The van der Waals surface area contributed by atoms with Crippen LogP contribution in [0.5, 0.6) is 0 Å². The molecule has 0 amide bonds. The van der Waals surface area contributed by atoms with Gasteiger partial charge in [0.15, 0.2) is 0 Å². The third kappa shape index (κ3) is 1.40. The lowest BCUT2D eigenvalue weighted by Crippen LogP contribution is -1.76. The maximum atomic E-state index is 4.02. The van der Waals surface area contributed by atoms with Gasteiger partial charge in [-0.2, -0.15) is 0 Å². The van der Waals surface area contributed by atoms with Crippen LogP contribution in [0.3, 0.4) is 0 Å². The first-order valence-electron chi connectivity index (χ1n) is 3.36. The summed E-state index contributed by atoms with van der Waals surface area (Å²) >= 11 is 5.06. The van der Waals surface area contributed by atoms with E-state index in [2.05, 4.69) is 25.9 Å². The Bertz CT molecular complexity index is 372. The third-order valence-corrected chi connectivity index (χ3v) is 2.91. The van der Waals surface area contributed by atoms with Crippen molar-refractivity contribution in [1.82, 2.24) is 9.97 Å². The summed E-state index contributed by atoms with van der Waals surface area (Å²) in [7, 11) is 0. The summed E-state index contributed by atoms with van der Waals surface area (Å²) in [6, 6.07) is 1.97. The van der Waals surface area contributed by atoms with Crippen LogP contribution in [0.1, 0.15) is 0 Å². The molecule has 2 heterocycles. The fraction of sp³-hybridized carbons (Fsp3) is 0. The minimum Gasteiger partial charge on any atom is -0.264 e. The van der Waals surface area contributed by atoms with Gasteiger partial charge in [0.2, 0.25) is 0 Å². The maximum absolute atomic E-state index is 4.02. The van der Waals surface area contributed by atoms with Gasteiger partial charge in [0.1, 0.15) is 0 Å². The lowest BCUT2D eigenvalue weighted by atomic mass is 10.2. The molecule has 0 bridgehead atoms. The number of hydrogen-bond donors (Lipinski definition) is 0. The highest BCUT2D eigenvalue weighted by Crippen LogP contribution is 2.29. The van der Waals surface area contributed by atoms with E-state index in [1.807, 2.05) is 17.8 Å². The van der Waals surface area contributed by atoms with Gasteiger partial charge in [0.25, 0.3) is 0 Å². The average molecular weight is 241 g/mol. The number of rotatable bonds is 1. The molecule has 0 aromatic carbocycles. The number of nitrogens with zero attached hydrogens (tertiary/aromatic N) is 2. The van der Waals surface area contributed by atoms with Crippen LogP contribution in [0.15, 0.2) is 34.6 Å². The van der Waals surface area contributed by atoms with Crippen molar-refractivity contribution in [2.75, 3.05) is 0 Å². The molecule has 0 aliphatic rings. The largest absolute Gasteiger partial charge is 0.264 e. The van der Waals surface area contributed by atoms with Crippen molar-refractivity contribution in [3.05, 3.63) is 34.6 Å². The van der Waals surface area contributed by atoms with Crippen molar-refractivity contribution in [2.24, 2.45) is 0 Å². The summed E-state index contributed by atoms with van der Waals surface area (Å²) in [6.45, 7) is 0. The number of pyridine rings is 1. The summed E-state index contributed by atoms with van der Waals surface area (Å²) in [5, 5.41) is 0. The molecule has 0 N–H and O–H groups in total. The molecular weight excluding hydrogens is 236 g/mol. The highest BCUT2D eigenvalue weighted by Gasteiger charge is 2.02. The van der Waals surface area contributed by atoms with Crippen LogP contribution in [0.25, 0.3) is 10.4 Å². The van der Waals surface area contributed by atoms with Gasteiger partial charge in [0.05, 0.1) is 10.4 Å². The van der Waals surface area contributed by atoms with Gasteiger partial charge < -0.3 is 0 Å². The SMILES string of the molecule is Brc1cnccc1-c1cncs1. The van der Waals surface area contributed by atoms with E-state index in [0.29, 0.717) is 0 Å². The van der Waals surface area contributed by atoms with E-state index in [1.54, 1.807) is 23.7 Å². The van der Waals surface area contributed by atoms with Crippen LogP contribution >= 0.6 is 27.3 Å². The minimum atomic E-state index is 1.01. The zero-order valence-corrected chi connectivity index (χ0v) is 8.47. The van der Waals surface area contributed by atoms with Crippen molar-refractivity contribution in [3.63, 3.8) is 0 Å². The Morgan fingerprint density at radius 3 is 2.83 bits per heavy atom. The number of thiazole rings is 1. The van der Waals surface area contributed by atoms with Crippen molar-refractivity contribution < 1.29 is 0 Å². The van der Waals surface area contributed by atoms with Crippen LogP contribution in [0, 0.1) is 0 Å². The molecule has 0 fully saturated rings. The van der Waals surface area contributed by atoms with Crippen LogP contribution in [-0.4, -0.2) is 9.97 Å². The summed E-state index contributed by atoms with van der Waals surface area (Å²) in [4.78, 5) is 9.17. The third-order valence-electron chi connectivity index (χ3n) is 1.47. The lowest BCUT2D eigenvalue weighted by molar-refractivity contribution is 1.31. The second kappa shape index (κ2) is 3.33. The zero-order chi connectivity index (χ0) is 8.39. The number of hydrogen-bond acceptors (Lipinski definition) is 3. The van der Waals surface area contributed by atoms with E-state index in [0.717, 1.165) is 14.9 Å². The summed E-state index contributed by atoms with van der Waals surface area (Å²) < 4.78 is 1.01. The normalized spacial score (nSPS) is 10.1. The molecule has 0 radical (unpaired) electrons. The van der Waals surface area contributed by atoms with E-state index >= 15 is 0 Å². The molecule has 2 aromatic heterocycles. The molecule has 2 aromatic rings. The summed E-state index contributed by atoms with van der Waals surface area (Å²) in [5.74, 6) is 0. The molecule has 0 aliphatic heterocycles. The molecule has 0 unspecified atom stereocenters. The summed E-state index contributed by atoms with van der Waals surface area (Å²) in [6.07, 6.45) is 5.42. The van der Waals surface area contributed by atoms with Gasteiger partial charge in [-0.15, -0.1) is 11.3 Å². The molecule has 0 saturated heterocycles. The number of halogens is 1. The van der Waals surface area contributed by atoms with Gasteiger partial charge >= 0.3 is 0 Å². The van der Waals surface area contributed by atoms with Crippen LogP contribution < -0.4 is 0 Å². The maximum Gasteiger partial charge on any atom is 0.0797 e. The molecule has 2 nitrogen and oxygen atoms in total. The first-order chi connectivity index (χ1) is 5.88. The highest BCUT2D eigenvalue weighted by atomic mass is 79.9. The Morgan fingerprint density at radius 2 is 2.17 bits per heavy atom. The van der Waals surface area contributed by atoms with Crippen molar-refractivity contribution >= 4 is 27.3 Å². The topological polar surface area (TPSA) is 25.8 Å². The van der Waals surface area contributed by atoms with Crippen molar-refractivity contribution in [1.29, 1.82) is 0 Å². The second-order valence-corrected chi connectivity index (χ2v) is 3.96. The molecule has 2 rings (SSSR count). The van der Waals surface area contributed by atoms with E-state index < -0.39 is 0 Å². The van der Waals surface area contributed by atoms with Gasteiger partial charge in [-0.3, -0.25) is 9.97 Å². The minimum absolute atomic E-state index is 1.01. The molecule has 0 atom stereocenters. The molecule has 0 aliphatic carbocycles. The predicted octanol–water partition coefficient (Wildman–Crippen LogP) is 2.97. The molecule has 4 heteroatoms. The fourth-order valence-electron chi connectivity index (χ4n) is 0.924. The Balaban J connectivity index is 2.55. The van der Waals surface area contributed by atoms with Crippen LogP contribution in [0.2, 0.25) is 0 Å². The molecule has 12 heavy (non-hydrogen) atoms. The first-order valence-corrected chi connectivity index (χ1v) is 5.03. The Hall–Kier alpha value is -0.740. The van der Waals surface area contributed by atoms with Crippen molar-refractivity contribution in [3.8, 4) is 10.4 Å². The molecule has 0 spiro atoms. The summed E-state index contributed by atoms with van der Waals surface area (Å²) in [5.41, 5.74) is 2.97. The fourth-order valence-corrected chi connectivity index (χ4v) is 2.18. The average Bonchev–Trinajstić information content (AvgIpc) is 2.57. The smallest absolute Gasteiger partial charge is 0.0797 e. The van der Waals surface area contributed by atoms with E-state index in [1.165, 1.54) is 0 Å². The quantitative estimate of drug-likeness (QED) is 0.767. The first kappa shape index (κ1) is 7.89. The molecule has 0 saturated carbocycles. The highest BCUT2D eigenvalue weighted by molar-refractivity contribution is 9.10. The molecular formula is C8H5BrN2S. The van der Waals surface area contributed by atoms with Crippen LogP contribution in [0.4, 0.5) is 0 Å². The van der Waals surface area contributed by atoms with E-state index in [4.69, 9.17) is 0 Å². The zero-order valence-electron chi connectivity index (χ0n) is 6.07. The predicted molar refractivity (Wildman–Crippen MR) is 53.0 cm³/mol. The van der Waals surface area contributed by atoms with E-state index in [9.17, 15) is 0 Å². The van der Waals surface area contributed by atoms with Gasteiger partial charge in [0, 0.05) is 28.6 Å². The second-order valence-electron chi connectivity index (χ2n) is 2.22. The van der Waals surface area contributed by atoms with Crippen molar-refractivity contribution in [2.45, 2.75) is 0 Å². The Kier molecular flexibility index (Phi) is 2.19. The standard InChI is InChI=1S/C8H5BrN2S/c9-7-3-10-2-1-6(7)8-4-11-5-12-8/h1-5H. The molecule has 60 valence electrons. The monoisotopic (exact) mass is 240 g/mol. The Morgan fingerprint density at radius 1 is 1.25 bits per heavy atom. The van der Waals surface area contributed by atoms with Gasteiger partial charge in [-0.05, 0) is 22.0 Å². The Labute approximate surface area is 82.4 Å². The lowest BCUT2D eigenvalue weighted by Gasteiger charge is -1.97. The number of aromatic nitrogens is 2. The van der Waals surface area contributed by atoms with Crippen LogP contribution in [-0.2, 0) is 0 Å².